The molecule has 0 saturated carbocycles. The fourth-order valence-corrected chi connectivity index (χ4v) is 11.2. The van der Waals surface area contributed by atoms with E-state index < -0.39 is 19.7 Å². The van der Waals surface area contributed by atoms with Crippen molar-refractivity contribution in [2.24, 2.45) is 0 Å². The fourth-order valence-electron chi connectivity index (χ4n) is 8.54. The molecule has 0 radical (unpaired) electrons. The number of anilines is 2. The summed E-state index contributed by atoms with van der Waals surface area (Å²) in [6.45, 7) is 12.8. The van der Waals surface area contributed by atoms with Gasteiger partial charge in [0.15, 0.2) is 0 Å². The number of likely N-dealkylation sites (tertiary alicyclic amines) is 2. The van der Waals surface area contributed by atoms with E-state index in [2.05, 4.69) is 34.3 Å². The Balaban J connectivity index is 0.000000164. The van der Waals surface area contributed by atoms with Crippen molar-refractivity contribution in [3.8, 4) is 5.75 Å². The average Bonchev–Trinajstić information content (AvgIpc) is 3.53. The average molecular weight is 757 g/mol. The Bertz CT molecular complexity index is 2160. The molecule has 2 fully saturated rings. The van der Waals surface area contributed by atoms with E-state index >= 15 is 0 Å². The maximum absolute atomic E-state index is 13.1. The molecule has 2 N–H and O–H groups in total. The van der Waals surface area contributed by atoms with E-state index in [4.69, 9.17) is 4.74 Å². The van der Waals surface area contributed by atoms with Crippen LogP contribution in [-0.4, -0.2) is 85.1 Å². The van der Waals surface area contributed by atoms with Crippen molar-refractivity contribution in [3.05, 3.63) is 102 Å². The molecule has 4 aromatic rings. The van der Waals surface area contributed by atoms with Gasteiger partial charge in [-0.05, 0) is 148 Å². The Kier molecular flexibility index (Phi) is 10.9. The number of hydrogen-bond acceptors (Lipinski definition) is 9. The van der Waals surface area contributed by atoms with Crippen LogP contribution in [0.5, 0.6) is 5.75 Å². The number of ether oxygens (including phenoxy) is 1. The summed E-state index contributed by atoms with van der Waals surface area (Å²) in [6, 6.07) is 25.7. The third-order valence-electron chi connectivity index (χ3n) is 11.7. The maximum Gasteiger partial charge on any atom is 0.206 e. The van der Waals surface area contributed by atoms with Crippen LogP contribution >= 0.6 is 0 Å². The first-order valence-electron chi connectivity index (χ1n) is 19.0. The van der Waals surface area contributed by atoms with Crippen LogP contribution in [-0.2, 0) is 19.7 Å². The van der Waals surface area contributed by atoms with Crippen LogP contribution in [0.3, 0.4) is 0 Å². The van der Waals surface area contributed by atoms with Gasteiger partial charge in [0.25, 0.3) is 0 Å². The van der Waals surface area contributed by atoms with Gasteiger partial charge in [-0.1, -0.05) is 26.0 Å². The highest BCUT2D eigenvalue weighted by molar-refractivity contribution is 7.91. The first kappa shape index (κ1) is 37.4. The predicted molar refractivity (Wildman–Crippen MR) is 211 cm³/mol. The molecule has 11 heteroatoms. The lowest BCUT2D eigenvalue weighted by atomic mass is 9.91. The number of benzene rings is 4. The van der Waals surface area contributed by atoms with Gasteiger partial charge in [-0.15, -0.1) is 0 Å². The molecule has 4 aliphatic heterocycles. The van der Waals surface area contributed by atoms with Crippen LogP contribution in [0.25, 0.3) is 0 Å². The van der Waals surface area contributed by atoms with Gasteiger partial charge in [-0.25, -0.2) is 16.8 Å². The second-order valence-corrected chi connectivity index (χ2v) is 18.6. The molecule has 0 aliphatic carbocycles. The van der Waals surface area contributed by atoms with E-state index in [-0.39, 0.29) is 0 Å². The summed E-state index contributed by atoms with van der Waals surface area (Å²) in [5.41, 5.74) is 5.46. The molecule has 2 saturated heterocycles. The van der Waals surface area contributed by atoms with Gasteiger partial charge in [0.1, 0.15) is 5.75 Å². The Morgan fingerprint density at radius 1 is 0.604 bits per heavy atom. The Hall–Kier alpha value is -3.90. The molecule has 4 atom stereocenters. The largest absolute Gasteiger partial charge is 0.497 e. The Morgan fingerprint density at radius 2 is 1.06 bits per heavy atom. The minimum Gasteiger partial charge on any atom is -0.497 e. The number of hydrogen-bond donors (Lipinski definition) is 2. The van der Waals surface area contributed by atoms with Gasteiger partial charge in [0.05, 0.1) is 26.7 Å². The summed E-state index contributed by atoms with van der Waals surface area (Å²) >= 11 is 0. The fraction of sp³-hybridized carbons (Fsp3) is 0.429. The number of fused-ring (bicyclic) bond motifs is 6. The van der Waals surface area contributed by atoms with Crippen molar-refractivity contribution < 1.29 is 21.6 Å². The number of methoxy groups -OCH3 is 1. The smallest absolute Gasteiger partial charge is 0.206 e. The number of rotatable bonds is 7. The molecule has 4 heterocycles. The number of nitrogens with one attached hydrogen (secondary N) is 2. The Morgan fingerprint density at radius 3 is 1.53 bits per heavy atom. The lowest BCUT2D eigenvalue weighted by Gasteiger charge is -2.17. The number of aryl methyl sites for hydroxylation is 1. The third-order valence-corrected chi connectivity index (χ3v) is 15.2. The van der Waals surface area contributed by atoms with Crippen LogP contribution in [0.15, 0.2) is 105 Å². The molecule has 53 heavy (non-hydrogen) atoms. The van der Waals surface area contributed by atoms with E-state index in [9.17, 15) is 16.8 Å². The van der Waals surface area contributed by atoms with Gasteiger partial charge < -0.3 is 25.2 Å². The van der Waals surface area contributed by atoms with Gasteiger partial charge in [0, 0.05) is 48.4 Å². The monoisotopic (exact) mass is 756 g/mol. The number of nitrogens with zero attached hydrogens (tertiary/aromatic N) is 2. The maximum atomic E-state index is 13.1. The SMILES string of the molecule is CCN1CC[C@@H]2c3cc(S(=O)(=O)c4ccc(OC)cc4)ccc3N[C@@H]2CC1.CCN1CC[C@@H]2c3cc(S(=O)(=O)c4cccc(C)c4)ccc3N[C@@H]2CC1. The van der Waals surface area contributed by atoms with Gasteiger partial charge in [-0.3, -0.25) is 0 Å². The second kappa shape index (κ2) is 15.5. The summed E-state index contributed by atoms with van der Waals surface area (Å²) in [6.07, 6.45) is 4.33. The topological polar surface area (TPSA) is 108 Å². The highest BCUT2D eigenvalue weighted by Gasteiger charge is 2.36. The van der Waals surface area contributed by atoms with Gasteiger partial charge >= 0.3 is 0 Å². The van der Waals surface area contributed by atoms with Crippen LogP contribution < -0.4 is 15.4 Å². The second-order valence-electron chi connectivity index (χ2n) is 14.7. The zero-order valence-electron chi connectivity index (χ0n) is 31.2. The standard InChI is InChI=1S/C21H26N2O3S.C21H26N2O2S/c1-3-23-12-10-18-19-14-17(8-9-20(19)22-21(18)11-13-23)27(24,25)16-6-4-15(26-2)5-7-16;1-3-23-11-9-18-19-14-17(7-8-20(19)22-21(18)10-12-23)26(24,25)16-6-4-5-15(2)13-16/h4-9,14,18,21-22H,3,10-13H2,1-2H3;4-8,13-14,18,21-22H,3,9-12H2,1-2H3/t2*18-,21-/m11/s1. The summed E-state index contributed by atoms with van der Waals surface area (Å²) < 4.78 is 57.5. The summed E-state index contributed by atoms with van der Waals surface area (Å²) in [5, 5.41) is 7.24. The molecule has 0 aromatic heterocycles. The summed E-state index contributed by atoms with van der Waals surface area (Å²) in [5.74, 6) is 1.42. The zero-order chi connectivity index (χ0) is 37.3. The zero-order valence-corrected chi connectivity index (χ0v) is 32.8. The van der Waals surface area contributed by atoms with E-state index in [1.54, 1.807) is 61.7 Å². The molecule has 4 aromatic carbocycles. The molecule has 4 aliphatic rings. The van der Waals surface area contributed by atoms with E-state index in [1.807, 2.05) is 37.3 Å². The highest BCUT2D eigenvalue weighted by Crippen LogP contribution is 2.44. The van der Waals surface area contributed by atoms with E-state index in [0.29, 0.717) is 49.3 Å². The van der Waals surface area contributed by atoms with E-state index in [0.717, 1.165) is 87.5 Å². The van der Waals surface area contributed by atoms with Crippen molar-refractivity contribution in [2.45, 2.75) is 90.0 Å². The van der Waals surface area contributed by atoms with Crippen molar-refractivity contribution in [1.82, 2.24) is 9.80 Å². The van der Waals surface area contributed by atoms with Crippen molar-refractivity contribution in [3.63, 3.8) is 0 Å². The molecule has 0 unspecified atom stereocenters. The Labute approximate surface area is 315 Å². The minimum atomic E-state index is -3.54. The third kappa shape index (κ3) is 7.58. The highest BCUT2D eigenvalue weighted by atomic mass is 32.2. The molecule has 0 amide bonds. The molecule has 282 valence electrons. The summed E-state index contributed by atoms with van der Waals surface area (Å²) in [7, 11) is -5.46. The number of sulfone groups is 2. The van der Waals surface area contributed by atoms with Crippen LogP contribution in [0.2, 0.25) is 0 Å². The molecule has 9 nitrogen and oxygen atoms in total. The first-order valence-corrected chi connectivity index (χ1v) is 21.9. The lowest BCUT2D eigenvalue weighted by molar-refractivity contribution is 0.298. The lowest BCUT2D eigenvalue weighted by Crippen LogP contribution is -2.25. The molecule has 0 bridgehead atoms. The molecular weight excluding hydrogens is 705 g/mol. The predicted octanol–water partition coefficient (Wildman–Crippen LogP) is 7.34. The van der Waals surface area contributed by atoms with Crippen molar-refractivity contribution in [1.29, 1.82) is 0 Å². The van der Waals surface area contributed by atoms with Gasteiger partial charge in [-0.2, -0.15) is 0 Å². The van der Waals surface area contributed by atoms with Crippen molar-refractivity contribution >= 4 is 31.0 Å². The minimum absolute atomic E-state index is 0.295. The summed E-state index contributed by atoms with van der Waals surface area (Å²) in [4.78, 5) is 6.39. The van der Waals surface area contributed by atoms with Crippen LogP contribution in [0.1, 0.15) is 68.1 Å². The van der Waals surface area contributed by atoms with Crippen LogP contribution in [0, 0.1) is 6.92 Å². The first-order chi connectivity index (χ1) is 25.5. The quantitative estimate of drug-likeness (QED) is 0.200. The van der Waals surface area contributed by atoms with Gasteiger partial charge in [0.2, 0.25) is 19.7 Å². The molecule has 8 rings (SSSR count). The molecular formula is C42H52N4O5S2. The van der Waals surface area contributed by atoms with Crippen LogP contribution in [0.4, 0.5) is 11.4 Å². The van der Waals surface area contributed by atoms with E-state index in [1.165, 1.54) is 5.56 Å². The normalized spacial score (nSPS) is 22.7. The van der Waals surface area contributed by atoms with Crippen molar-refractivity contribution in [2.75, 3.05) is 57.0 Å². The molecule has 0 spiro atoms.